The summed E-state index contributed by atoms with van der Waals surface area (Å²) in [5.41, 5.74) is 4.79. The first kappa shape index (κ1) is 14.5. The van der Waals surface area contributed by atoms with E-state index in [1.165, 1.54) is 30.7 Å². The number of aromatic nitrogens is 2. The van der Waals surface area contributed by atoms with Crippen molar-refractivity contribution in [1.29, 1.82) is 0 Å². The zero-order valence-electron chi connectivity index (χ0n) is 10.9. The number of aromatic hydroxyl groups is 1. The number of phenols is 1. The Balaban J connectivity index is 2.25. The average molecular weight is 291 g/mol. The zero-order valence-corrected chi connectivity index (χ0v) is 10.9. The molecular weight excluding hydrogens is 278 g/mol. The number of nitrogens with one attached hydrogen (secondary N) is 1. The summed E-state index contributed by atoms with van der Waals surface area (Å²) in [4.78, 5) is 26.1. The molecule has 1 amide bonds. The van der Waals surface area contributed by atoms with Gasteiger partial charge in [0.2, 0.25) is 0 Å². The molecule has 0 aliphatic rings. The van der Waals surface area contributed by atoms with Gasteiger partial charge in [0.1, 0.15) is 11.4 Å². The van der Waals surface area contributed by atoms with Crippen LogP contribution in [0.4, 0.5) is 11.4 Å². The van der Waals surface area contributed by atoms with Crippen molar-refractivity contribution in [3.63, 3.8) is 0 Å². The molecule has 0 radical (unpaired) electrons. The molecule has 0 unspecified atom stereocenters. The third kappa shape index (κ3) is 3.15. The number of anilines is 1. The second-order valence-electron chi connectivity index (χ2n) is 4.17. The van der Waals surface area contributed by atoms with Crippen molar-refractivity contribution in [2.75, 3.05) is 11.9 Å². The molecule has 4 N–H and O–H groups in total. The summed E-state index contributed by atoms with van der Waals surface area (Å²) in [6.07, 6.45) is 2.90. The molecule has 0 saturated heterocycles. The van der Waals surface area contributed by atoms with Crippen LogP contribution in [0.5, 0.6) is 5.75 Å². The smallest absolute Gasteiger partial charge is 0.296 e. The summed E-state index contributed by atoms with van der Waals surface area (Å²) >= 11 is 0. The number of hydrogen-bond donors (Lipinski definition) is 3. The fourth-order valence-corrected chi connectivity index (χ4v) is 1.73. The molecule has 0 aliphatic carbocycles. The summed E-state index contributed by atoms with van der Waals surface area (Å²) < 4.78 is 1.62. The second kappa shape index (κ2) is 6.01. The van der Waals surface area contributed by atoms with E-state index in [0.29, 0.717) is 13.1 Å². The van der Waals surface area contributed by atoms with Crippen molar-refractivity contribution in [1.82, 2.24) is 9.55 Å². The highest BCUT2D eigenvalue weighted by atomic mass is 16.6. The highest BCUT2D eigenvalue weighted by Gasteiger charge is 2.21. The van der Waals surface area contributed by atoms with Crippen LogP contribution in [0.25, 0.3) is 0 Å². The number of nitrogens with zero attached hydrogens (tertiary/aromatic N) is 3. The van der Waals surface area contributed by atoms with Gasteiger partial charge in [0.25, 0.3) is 11.6 Å². The van der Waals surface area contributed by atoms with E-state index in [2.05, 4.69) is 10.3 Å². The number of benzene rings is 1. The lowest BCUT2D eigenvalue weighted by molar-refractivity contribution is -0.384. The quantitative estimate of drug-likeness (QED) is 0.421. The van der Waals surface area contributed by atoms with Crippen LogP contribution in [0.15, 0.2) is 30.7 Å². The van der Waals surface area contributed by atoms with Gasteiger partial charge in [-0.05, 0) is 6.07 Å². The average Bonchev–Trinajstić information content (AvgIpc) is 2.90. The van der Waals surface area contributed by atoms with E-state index in [9.17, 15) is 20.0 Å². The van der Waals surface area contributed by atoms with Gasteiger partial charge in [0.15, 0.2) is 5.69 Å². The summed E-state index contributed by atoms with van der Waals surface area (Å²) in [6, 6.07) is 3.75. The van der Waals surface area contributed by atoms with Gasteiger partial charge in [0, 0.05) is 25.4 Å². The number of amides is 1. The molecule has 0 saturated carbocycles. The molecule has 1 aromatic carbocycles. The molecule has 1 heterocycles. The van der Waals surface area contributed by atoms with Gasteiger partial charge >= 0.3 is 0 Å². The van der Waals surface area contributed by atoms with Crippen LogP contribution in [0, 0.1) is 10.1 Å². The Morgan fingerprint density at radius 3 is 2.95 bits per heavy atom. The predicted octanol–water partition coefficient (Wildman–Crippen LogP) is 0.708. The summed E-state index contributed by atoms with van der Waals surface area (Å²) in [6.45, 7) is 0.888. The van der Waals surface area contributed by atoms with E-state index in [-0.39, 0.29) is 17.1 Å². The molecule has 1 aromatic heterocycles. The summed E-state index contributed by atoms with van der Waals surface area (Å²) in [7, 11) is 0. The number of nitro groups is 1. The number of imidazole rings is 1. The normalized spacial score (nSPS) is 10.3. The summed E-state index contributed by atoms with van der Waals surface area (Å²) in [5, 5.41) is 22.8. The molecule has 21 heavy (non-hydrogen) atoms. The first-order valence-corrected chi connectivity index (χ1v) is 6.02. The Hall–Kier alpha value is -2.94. The van der Waals surface area contributed by atoms with Crippen LogP contribution in [-0.4, -0.2) is 32.0 Å². The van der Waals surface area contributed by atoms with Gasteiger partial charge in [-0.15, -0.1) is 0 Å². The van der Waals surface area contributed by atoms with E-state index in [0.717, 1.165) is 0 Å². The maximum Gasteiger partial charge on any atom is 0.296 e. The fourth-order valence-electron chi connectivity index (χ4n) is 1.73. The maximum atomic E-state index is 12.0. The van der Waals surface area contributed by atoms with E-state index in [1.807, 2.05) is 0 Å². The van der Waals surface area contributed by atoms with E-state index >= 15 is 0 Å². The van der Waals surface area contributed by atoms with Gasteiger partial charge in [-0.3, -0.25) is 14.9 Å². The van der Waals surface area contributed by atoms with Crippen LogP contribution < -0.4 is 11.1 Å². The molecule has 9 heteroatoms. The monoisotopic (exact) mass is 291 g/mol. The van der Waals surface area contributed by atoms with Crippen LogP contribution in [0.3, 0.4) is 0 Å². The highest BCUT2D eigenvalue weighted by molar-refractivity contribution is 6.05. The molecule has 0 bridgehead atoms. The number of para-hydroxylation sites is 1. The Kier molecular flexibility index (Phi) is 4.14. The number of hydrogen-bond acceptors (Lipinski definition) is 6. The molecule has 0 atom stereocenters. The lowest BCUT2D eigenvalue weighted by Gasteiger charge is -2.06. The van der Waals surface area contributed by atoms with Crippen molar-refractivity contribution in [2.24, 2.45) is 5.73 Å². The summed E-state index contributed by atoms with van der Waals surface area (Å²) in [5.74, 6) is -1.05. The number of carbonyl (C=O) groups is 1. The van der Waals surface area contributed by atoms with Gasteiger partial charge in [-0.1, -0.05) is 6.07 Å². The van der Waals surface area contributed by atoms with Crippen LogP contribution in [0.1, 0.15) is 10.5 Å². The first-order chi connectivity index (χ1) is 10.0. The number of carbonyl (C=O) groups excluding carboxylic acids is 1. The van der Waals surface area contributed by atoms with Crippen molar-refractivity contribution in [2.45, 2.75) is 6.54 Å². The minimum Gasteiger partial charge on any atom is -0.505 e. The largest absolute Gasteiger partial charge is 0.505 e. The second-order valence-corrected chi connectivity index (χ2v) is 4.17. The third-order valence-corrected chi connectivity index (χ3v) is 2.71. The topological polar surface area (TPSA) is 136 Å². The van der Waals surface area contributed by atoms with Gasteiger partial charge in [-0.2, -0.15) is 0 Å². The van der Waals surface area contributed by atoms with Gasteiger partial charge in [-0.25, -0.2) is 4.98 Å². The molecule has 0 fully saturated rings. The van der Waals surface area contributed by atoms with Crippen LogP contribution >= 0.6 is 0 Å². The molecule has 0 spiro atoms. The molecule has 110 valence electrons. The SMILES string of the molecule is NCCn1cnc(C(=O)Nc2c(O)cccc2[N+](=O)[O-])c1. The highest BCUT2D eigenvalue weighted by Crippen LogP contribution is 2.33. The van der Waals surface area contributed by atoms with Crippen molar-refractivity contribution in [3.05, 3.63) is 46.5 Å². The van der Waals surface area contributed by atoms with E-state index < -0.39 is 16.5 Å². The molecule has 9 nitrogen and oxygen atoms in total. The first-order valence-electron chi connectivity index (χ1n) is 6.02. The van der Waals surface area contributed by atoms with Crippen LogP contribution in [-0.2, 0) is 6.54 Å². The Morgan fingerprint density at radius 1 is 1.52 bits per heavy atom. The zero-order chi connectivity index (χ0) is 15.4. The lowest BCUT2D eigenvalue weighted by atomic mass is 10.2. The molecule has 2 rings (SSSR count). The minimum absolute atomic E-state index is 0.0704. The molecule has 2 aromatic rings. The standard InChI is InChI=1S/C12H13N5O4/c13-4-5-16-6-8(14-7-16)12(19)15-11-9(17(20)21)2-1-3-10(11)18/h1-3,6-7,18H,4-5,13H2,(H,15,19). The van der Waals surface area contributed by atoms with Crippen LogP contribution in [0.2, 0.25) is 0 Å². The maximum absolute atomic E-state index is 12.0. The van der Waals surface area contributed by atoms with Crippen molar-refractivity contribution < 1.29 is 14.8 Å². The number of rotatable bonds is 5. The van der Waals surface area contributed by atoms with Gasteiger partial charge < -0.3 is 20.7 Å². The van der Waals surface area contributed by atoms with Crippen molar-refractivity contribution >= 4 is 17.3 Å². The predicted molar refractivity (Wildman–Crippen MR) is 74.0 cm³/mol. The third-order valence-electron chi connectivity index (χ3n) is 2.71. The Bertz CT molecular complexity index is 682. The number of nitro benzene ring substituents is 1. The fraction of sp³-hybridized carbons (Fsp3) is 0.167. The molecular formula is C12H13N5O4. The lowest BCUT2D eigenvalue weighted by Crippen LogP contribution is -2.14. The van der Waals surface area contributed by atoms with E-state index in [4.69, 9.17) is 5.73 Å². The Morgan fingerprint density at radius 2 is 2.29 bits per heavy atom. The molecule has 0 aliphatic heterocycles. The number of phenolic OH excluding ortho intramolecular Hbond substituents is 1. The number of nitrogens with two attached hydrogens (primary N) is 1. The van der Waals surface area contributed by atoms with E-state index in [1.54, 1.807) is 4.57 Å². The minimum atomic E-state index is -0.692. The Labute approximate surface area is 119 Å². The van der Waals surface area contributed by atoms with Gasteiger partial charge in [0.05, 0.1) is 11.3 Å². The van der Waals surface area contributed by atoms with Crippen molar-refractivity contribution in [3.8, 4) is 5.75 Å².